The van der Waals surface area contributed by atoms with Crippen molar-refractivity contribution in [3.8, 4) is 0 Å². The van der Waals surface area contributed by atoms with Crippen LogP contribution in [-0.4, -0.2) is 64.5 Å². The van der Waals surface area contributed by atoms with Crippen molar-refractivity contribution in [1.29, 1.82) is 0 Å². The maximum Gasteiger partial charge on any atom is 0.326 e. The van der Waals surface area contributed by atoms with E-state index in [0.29, 0.717) is 19.4 Å². The van der Waals surface area contributed by atoms with E-state index >= 15 is 0 Å². The van der Waals surface area contributed by atoms with Gasteiger partial charge in [0.2, 0.25) is 17.7 Å². The largest absolute Gasteiger partial charge is 0.480 e. The van der Waals surface area contributed by atoms with Gasteiger partial charge in [0, 0.05) is 17.1 Å². The molecule has 11 nitrogen and oxygen atoms in total. The summed E-state index contributed by atoms with van der Waals surface area (Å²) in [6, 6.07) is 3.76. The quantitative estimate of drug-likeness (QED) is 0.194. The summed E-state index contributed by atoms with van der Waals surface area (Å²) in [5, 5.41) is 17.7. The summed E-state index contributed by atoms with van der Waals surface area (Å²) in [5.74, 6) is -2.89. The molecule has 0 aliphatic rings. The predicted molar refractivity (Wildman–Crippen MR) is 128 cm³/mol. The third-order valence-electron chi connectivity index (χ3n) is 5.52. The number of hydrogen-bond acceptors (Lipinski definition) is 6. The van der Waals surface area contributed by atoms with E-state index < -0.39 is 47.9 Å². The van der Waals surface area contributed by atoms with Gasteiger partial charge in [-0.15, -0.1) is 0 Å². The molecule has 3 amide bonds. The molecule has 0 aliphatic heterocycles. The first-order valence-corrected chi connectivity index (χ1v) is 11.3. The Balaban J connectivity index is 1.84. The standard InChI is InChI=1S/C23H34N6O5/c1-13(20(30)27-14(2)21(31)29-19(23(33)34)9-5-6-10-24)28-22(32)17(25)11-15-12-26-18-8-4-3-7-16(15)18/h3-4,7-8,12-14,17,19,26H,5-6,9-11,24-25H2,1-2H3,(H,27,30)(H,28,32)(H,29,31)(H,33,34). The minimum absolute atomic E-state index is 0.236. The number of carbonyl (C=O) groups is 4. The monoisotopic (exact) mass is 474 g/mol. The number of carbonyl (C=O) groups excluding carboxylic acids is 3. The van der Waals surface area contributed by atoms with Gasteiger partial charge in [-0.2, -0.15) is 0 Å². The topological polar surface area (TPSA) is 192 Å². The van der Waals surface area contributed by atoms with Gasteiger partial charge in [-0.05, 0) is 57.7 Å². The summed E-state index contributed by atoms with van der Waals surface area (Å²) >= 11 is 0. The Morgan fingerprint density at radius 3 is 2.24 bits per heavy atom. The van der Waals surface area contributed by atoms with E-state index in [1.54, 1.807) is 6.20 Å². The minimum atomic E-state index is -1.16. The fourth-order valence-corrected chi connectivity index (χ4v) is 3.47. The highest BCUT2D eigenvalue weighted by Crippen LogP contribution is 2.18. The predicted octanol–water partition coefficient (Wildman–Crippen LogP) is -0.254. The molecule has 11 heteroatoms. The molecule has 0 saturated carbocycles. The molecule has 9 N–H and O–H groups in total. The van der Waals surface area contributed by atoms with E-state index in [1.807, 2.05) is 24.3 Å². The number of nitrogens with one attached hydrogen (secondary N) is 4. The second-order valence-electron chi connectivity index (χ2n) is 8.31. The molecule has 1 heterocycles. The number of para-hydroxylation sites is 1. The van der Waals surface area contributed by atoms with E-state index in [0.717, 1.165) is 16.5 Å². The zero-order valence-electron chi connectivity index (χ0n) is 19.5. The summed E-state index contributed by atoms with van der Waals surface area (Å²) in [7, 11) is 0. The van der Waals surface area contributed by atoms with Gasteiger partial charge >= 0.3 is 5.97 Å². The Bertz CT molecular complexity index is 1010. The fourth-order valence-electron chi connectivity index (χ4n) is 3.47. The first-order chi connectivity index (χ1) is 16.1. The number of carboxylic acids is 1. The van der Waals surface area contributed by atoms with E-state index in [1.165, 1.54) is 13.8 Å². The van der Waals surface area contributed by atoms with Crippen LogP contribution in [0.5, 0.6) is 0 Å². The van der Waals surface area contributed by atoms with Crippen LogP contribution in [-0.2, 0) is 25.6 Å². The lowest BCUT2D eigenvalue weighted by Crippen LogP contribution is -2.55. The van der Waals surface area contributed by atoms with Gasteiger partial charge in [0.1, 0.15) is 18.1 Å². The number of aromatic amines is 1. The van der Waals surface area contributed by atoms with Crippen LogP contribution in [0.1, 0.15) is 38.7 Å². The van der Waals surface area contributed by atoms with Gasteiger partial charge in [-0.1, -0.05) is 18.2 Å². The lowest BCUT2D eigenvalue weighted by atomic mass is 10.0. The molecular weight excluding hydrogens is 440 g/mol. The summed E-state index contributed by atoms with van der Waals surface area (Å²) in [6.45, 7) is 3.34. The lowest BCUT2D eigenvalue weighted by molar-refractivity contribution is -0.142. The maximum atomic E-state index is 12.5. The van der Waals surface area contributed by atoms with Crippen molar-refractivity contribution in [3.63, 3.8) is 0 Å². The summed E-state index contributed by atoms with van der Waals surface area (Å²) in [4.78, 5) is 51.8. The Morgan fingerprint density at radius 2 is 1.59 bits per heavy atom. The second kappa shape index (κ2) is 12.7. The van der Waals surface area contributed by atoms with Gasteiger partial charge in [0.15, 0.2) is 0 Å². The number of aromatic nitrogens is 1. The number of carboxylic acid groups (broad SMARTS) is 1. The number of amides is 3. The molecule has 34 heavy (non-hydrogen) atoms. The van der Waals surface area contributed by atoms with Crippen LogP contribution in [0.25, 0.3) is 10.9 Å². The van der Waals surface area contributed by atoms with Gasteiger partial charge < -0.3 is 37.5 Å². The first-order valence-electron chi connectivity index (χ1n) is 11.3. The Hall–Kier alpha value is -3.44. The minimum Gasteiger partial charge on any atom is -0.480 e. The Morgan fingerprint density at radius 1 is 0.971 bits per heavy atom. The van der Waals surface area contributed by atoms with Crippen molar-refractivity contribution in [2.24, 2.45) is 11.5 Å². The molecule has 0 aliphatic carbocycles. The summed E-state index contributed by atoms with van der Waals surface area (Å²) in [5.41, 5.74) is 13.3. The Kier molecular flexibility index (Phi) is 10.0. The fraction of sp³-hybridized carbons (Fsp3) is 0.478. The third-order valence-corrected chi connectivity index (χ3v) is 5.52. The molecule has 186 valence electrons. The molecule has 0 fully saturated rings. The normalized spacial score (nSPS) is 14.6. The summed E-state index contributed by atoms with van der Waals surface area (Å²) in [6.07, 6.45) is 3.51. The SMILES string of the molecule is CC(NC(=O)C(N)Cc1c[nH]c2ccccc12)C(=O)NC(C)C(=O)NC(CCCCN)C(=O)O. The lowest BCUT2D eigenvalue weighted by Gasteiger charge is -2.21. The van der Waals surface area contributed by atoms with Gasteiger partial charge in [0.25, 0.3) is 0 Å². The average molecular weight is 475 g/mol. The summed E-state index contributed by atoms with van der Waals surface area (Å²) < 4.78 is 0. The van der Waals surface area contributed by atoms with Crippen molar-refractivity contribution >= 4 is 34.6 Å². The van der Waals surface area contributed by atoms with Crippen LogP contribution in [0.15, 0.2) is 30.5 Å². The second-order valence-corrected chi connectivity index (χ2v) is 8.31. The van der Waals surface area contributed by atoms with E-state index in [2.05, 4.69) is 20.9 Å². The van der Waals surface area contributed by atoms with Crippen LogP contribution >= 0.6 is 0 Å². The number of rotatable bonds is 13. The van der Waals surface area contributed by atoms with Gasteiger partial charge in [0.05, 0.1) is 6.04 Å². The number of hydrogen-bond donors (Lipinski definition) is 7. The molecular formula is C23H34N6O5. The Labute approximate surface area is 198 Å². The van der Waals surface area contributed by atoms with E-state index in [-0.39, 0.29) is 12.8 Å². The highest BCUT2D eigenvalue weighted by molar-refractivity contribution is 5.94. The van der Waals surface area contributed by atoms with Gasteiger partial charge in [-0.25, -0.2) is 4.79 Å². The van der Waals surface area contributed by atoms with Gasteiger partial charge in [-0.3, -0.25) is 14.4 Å². The number of nitrogens with two attached hydrogens (primary N) is 2. The molecule has 2 aromatic rings. The van der Waals surface area contributed by atoms with E-state index in [4.69, 9.17) is 11.5 Å². The number of aliphatic carboxylic acids is 1. The van der Waals surface area contributed by atoms with Crippen molar-refractivity contribution in [3.05, 3.63) is 36.0 Å². The van der Waals surface area contributed by atoms with Crippen LogP contribution < -0.4 is 27.4 Å². The van der Waals surface area contributed by atoms with E-state index in [9.17, 15) is 24.3 Å². The molecule has 0 bridgehead atoms. The smallest absolute Gasteiger partial charge is 0.326 e. The van der Waals surface area contributed by atoms with Crippen molar-refractivity contribution in [1.82, 2.24) is 20.9 Å². The van der Waals surface area contributed by atoms with Crippen LogP contribution in [0, 0.1) is 0 Å². The molecule has 0 spiro atoms. The zero-order chi connectivity index (χ0) is 25.3. The average Bonchev–Trinajstić information content (AvgIpc) is 3.20. The molecule has 1 aromatic heterocycles. The van der Waals surface area contributed by atoms with Crippen LogP contribution in [0.4, 0.5) is 0 Å². The number of fused-ring (bicyclic) bond motifs is 1. The molecule has 1 aromatic carbocycles. The van der Waals surface area contributed by atoms with Crippen molar-refractivity contribution in [2.75, 3.05) is 6.54 Å². The van der Waals surface area contributed by atoms with Crippen molar-refractivity contribution in [2.45, 2.75) is 63.7 Å². The molecule has 0 saturated heterocycles. The highest BCUT2D eigenvalue weighted by atomic mass is 16.4. The first kappa shape index (κ1) is 26.8. The third kappa shape index (κ3) is 7.56. The van der Waals surface area contributed by atoms with Crippen LogP contribution in [0.2, 0.25) is 0 Å². The van der Waals surface area contributed by atoms with Crippen molar-refractivity contribution < 1.29 is 24.3 Å². The molecule has 0 radical (unpaired) electrons. The van der Waals surface area contributed by atoms with Crippen LogP contribution in [0.3, 0.4) is 0 Å². The maximum absolute atomic E-state index is 12.5. The number of benzene rings is 1. The molecule has 4 atom stereocenters. The molecule has 2 rings (SSSR count). The number of unbranched alkanes of at least 4 members (excludes halogenated alkanes) is 1. The zero-order valence-corrected chi connectivity index (χ0v) is 19.5. The number of H-pyrrole nitrogens is 1. The highest BCUT2D eigenvalue weighted by Gasteiger charge is 2.26. The molecule has 4 unspecified atom stereocenters.